The Bertz CT molecular complexity index is 664. The first kappa shape index (κ1) is 14.6. The topological polar surface area (TPSA) is 41.4 Å². The van der Waals surface area contributed by atoms with Crippen LogP contribution in [0.25, 0.3) is 0 Å². The van der Waals surface area contributed by atoms with E-state index in [1.165, 1.54) is 0 Å². The van der Waals surface area contributed by atoms with E-state index in [-0.39, 0.29) is 5.91 Å². The second kappa shape index (κ2) is 6.22. The van der Waals surface area contributed by atoms with Gasteiger partial charge in [0, 0.05) is 39.3 Å². The van der Waals surface area contributed by atoms with Gasteiger partial charge >= 0.3 is 0 Å². The van der Waals surface area contributed by atoms with Gasteiger partial charge < -0.3 is 9.80 Å². The zero-order valence-corrected chi connectivity index (χ0v) is 13.2. The zero-order valence-electron chi connectivity index (χ0n) is 13.2. The molecule has 0 radical (unpaired) electrons. The van der Waals surface area contributed by atoms with Crippen molar-refractivity contribution in [3.63, 3.8) is 0 Å². The third-order valence-electron chi connectivity index (χ3n) is 4.18. The molecule has 5 heteroatoms. The van der Waals surface area contributed by atoms with Gasteiger partial charge in [0.2, 0.25) is 5.91 Å². The summed E-state index contributed by atoms with van der Waals surface area (Å²) < 4.78 is 1.77. The Morgan fingerprint density at radius 2 is 2.00 bits per heavy atom. The minimum Gasteiger partial charge on any atom is -0.368 e. The molecule has 116 valence electrons. The average Bonchev–Trinajstić information content (AvgIpc) is 2.97. The number of hydrogen-bond donors (Lipinski definition) is 0. The highest BCUT2D eigenvalue weighted by Gasteiger charge is 2.25. The van der Waals surface area contributed by atoms with Gasteiger partial charge in [0.05, 0.1) is 17.6 Å². The summed E-state index contributed by atoms with van der Waals surface area (Å²) in [5, 5.41) is 4.15. The average molecular weight is 298 g/mol. The lowest BCUT2D eigenvalue weighted by molar-refractivity contribution is -0.118. The van der Waals surface area contributed by atoms with E-state index in [9.17, 15) is 4.79 Å². The van der Waals surface area contributed by atoms with Crippen LogP contribution in [0.3, 0.4) is 0 Å². The number of para-hydroxylation sites is 2. The van der Waals surface area contributed by atoms with Gasteiger partial charge in [0.1, 0.15) is 0 Å². The maximum Gasteiger partial charge on any atom is 0.227 e. The molecule has 1 aromatic heterocycles. The van der Waals surface area contributed by atoms with Gasteiger partial charge in [0.15, 0.2) is 0 Å². The maximum atomic E-state index is 12.6. The molecular weight excluding hydrogens is 276 g/mol. The summed E-state index contributed by atoms with van der Waals surface area (Å²) in [5.41, 5.74) is 3.30. The molecular formula is C17H22N4O. The van der Waals surface area contributed by atoms with E-state index in [1.807, 2.05) is 42.5 Å². The Balaban J connectivity index is 1.73. The first-order valence-electron chi connectivity index (χ1n) is 7.81. The fourth-order valence-electron chi connectivity index (χ4n) is 3.00. The van der Waals surface area contributed by atoms with Crippen LogP contribution in [-0.2, 0) is 18.3 Å². The number of hydrogen-bond acceptors (Lipinski definition) is 3. The van der Waals surface area contributed by atoms with Crippen LogP contribution >= 0.6 is 0 Å². The first-order valence-corrected chi connectivity index (χ1v) is 7.81. The predicted molar refractivity (Wildman–Crippen MR) is 88.2 cm³/mol. The maximum absolute atomic E-state index is 12.6. The fraction of sp³-hybridized carbons (Fsp3) is 0.412. The van der Waals surface area contributed by atoms with Crippen LogP contribution in [0.2, 0.25) is 0 Å². The number of nitrogens with zero attached hydrogens (tertiary/aromatic N) is 4. The van der Waals surface area contributed by atoms with E-state index in [2.05, 4.69) is 23.0 Å². The Labute approximate surface area is 131 Å². The van der Waals surface area contributed by atoms with Crippen molar-refractivity contribution < 1.29 is 4.79 Å². The summed E-state index contributed by atoms with van der Waals surface area (Å²) in [5.74, 6) is 0.187. The molecule has 0 bridgehead atoms. The monoisotopic (exact) mass is 298 g/mol. The van der Waals surface area contributed by atoms with Crippen LogP contribution in [0.5, 0.6) is 0 Å². The summed E-state index contributed by atoms with van der Waals surface area (Å²) in [4.78, 5) is 16.9. The fourth-order valence-corrected chi connectivity index (χ4v) is 3.00. The van der Waals surface area contributed by atoms with E-state index in [0.29, 0.717) is 6.42 Å². The quantitative estimate of drug-likeness (QED) is 0.869. The van der Waals surface area contributed by atoms with E-state index in [1.54, 1.807) is 4.68 Å². The number of fused-ring (bicyclic) bond motifs is 1. The van der Waals surface area contributed by atoms with E-state index < -0.39 is 0 Å². The third kappa shape index (κ3) is 2.84. The molecule has 2 heterocycles. The summed E-state index contributed by atoms with van der Waals surface area (Å²) in [6, 6.07) is 8.17. The van der Waals surface area contributed by atoms with Gasteiger partial charge in [-0.25, -0.2) is 0 Å². The number of anilines is 2. The van der Waals surface area contributed by atoms with Gasteiger partial charge in [-0.1, -0.05) is 12.1 Å². The minimum absolute atomic E-state index is 0.187. The van der Waals surface area contributed by atoms with Gasteiger partial charge in [-0.15, -0.1) is 0 Å². The van der Waals surface area contributed by atoms with Crippen LogP contribution in [0, 0.1) is 0 Å². The molecule has 1 aliphatic rings. The van der Waals surface area contributed by atoms with Crippen LogP contribution in [-0.4, -0.2) is 35.3 Å². The summed E-state index contributed by atoms with van der Waals surface area (Å²) in [6.07, 6.45) is 5.06. The number of amides is 1. The Hall–Kier alpha value is -2.30. The lowest BCUT2D eigenvalue weighted by Crippen LogP contribution is -2.44. The largest absolute Gasteiger partial charge is 0.368 e. The highest BCUT2D eigenvalue weighted by atomic mass is 16.2. The van der Waals surface area contributed by atoms with Crippen LogP contribution in [0.1, 0.15) is 18.9 Å². The molecule has 0 saturated heterocycles. The van der Waals surface area contributed by atoms with E-state index >= 15 is 0 Å². The lowest BCUT2D eigenvalue weighted by atomic mass is 10.1. The Kier molecular flexibility index (Phi) is 4.13. The van der Waals surface area contributed by atoms with Gasteiger partial charge in [0.25, 0.3) is 0 Å². The summed E-state index contributed by atoms with van der Waals surface area (Å²) in [7, 11) is 1.89. The molecule has 0 spiro atoms. The van der Waals surface area contributed by atoms with Crippen molar-refractivity contribution in [3.8, 4) is 0 Å². The third-order valence-corrected chi connectivity index (χ3v) is 4.18. The van der Waals surface area contributed by atoms with Crippen molar-refractivity contribution in [1.29, 1.82) is 0 Å². The molecule has 1 amide bonds. The second-order valence-electron chi connectivity index (χ2n) is 5.64. The summed E-state index contributed by atoms with van der Waals surface area (Å²) in [6.45, 7) is 4.77. The van der Waals surface area contributed by atoms with Crippen molar-refractivity contribution in [2.45, 2.75) is 19.8 Å². The molecule has 5 nitrogen and oxygen atoms in total. The number of aromatic nitrogens is 2. The molecule has 22 heavy (non-hydrogen) atoms. The SMILES string of the molecule is CCN1CCN(C(=O)CCc2cnn(C)c2)c2ccccc21. The number of benzene rings is 1. The smallest absolute Gasteiger partial charge is 0.227 e. The zero-order chi connectivity index (χ0) is 15.5. The van der Waals surface area contributed by atoms with E-state index in [0.717, 1.165) is 43.0 Å². The molecule has 0 fully saturated rings. The van der Waals surface area contributed by atoms with Gasteiger partial charge in [-0.2, -0.15) is 5.10 Å². The van der Waals surface area contributed by atoms with Crippen molar-refractivity contribution in [1.82, 2.24) is 9.78 Å². The number of likely N-dealkylation sites (N-methyl/N-ethyl adjacent to an activating group) is 1. The molecule has 3 rings (SSSR count). The van der Waals surface area contributed by atoms with E-state index in [4.69, 9.17) is 0 Å². The molecule has 2 aromatic rings. The molecule has 0 aliphatic carbocycles. The van der Waals surface area contributed by atoms with Crippen molar-refractivity contribution in [3.05, 3.63) is 42.2 Å². The molecule has 0 atom stereocenters. The standard InChI is InChI=1S/C17H22N4O/c1-3-20-10-11-21(16-7-5-4-6-15(16)20)17(22)9-8-14-12-18-19(2)13-14/h4-7,12-13H,3,8-11H2,1-2H3. The highest BCUT2D eigenvalue weighted by Crippen LogP contribution is 2.32. The van der Waals surface area contributed by atoms with Crippen LogP contribution < -0.4 is 9.80 Å². The van der Waals surface area contributed by atoms with Crippen molar-refractivity contribution >= 4 is 17.3 Å². The van der Waals surface area contributed by atoms with Crippen LogP contribution in [0.4, 0.5) is 11.4 Å². The first-order chi connectivity index (χ1) is 10.7. The number of carbonyl (C=O) groups excluding carboxylic acids is 1. The Morgan fingerprint density at radius 1 is 1.23 bits per heavy atom. The highest BCUT2D eigenvalue weighted by molar-refractivity contribution is 5.97. The Morgan fingerprint density at radius 3 is 2.68 bits per heavy atom. The number of carbonyl (C=O) groups is 1. The summed E-state index contributed by atoms with van der Waals surface area (Å²) >= 11 is 0. The molecule has 0 unspecified atom stereocenters. The van der Waals surface area contributed by atoms with Crippen molar-refractivity contribution in [2.75, 3.05) is 29.4 Å². The normalized spacial score (nSPS) is 14.1. The van der Waals surface area contributed by atoms with Crippen molar-refractivity contribution in [2.24, 2.45) is 7.05 Å². The van der Waals surface area contributed by atoms with Crippen LogP contribution in [0.15, 0.2) is 36.7 Å². The number of aryl methyl sites for hydroxylation is 2. The lowest BCUT2D eigenvalue weighted by Gasteiger charge is -2.37. The molecule has 1 aliphatic heterocycles. The van der Waals surface area contributed by atoms with Gasteiger partial charge in [-0.05, 0) is 31.0 Å². The molecule has 0 N–H and O–H groups in total. The predicted octanol–water partition coefficient (Wildman–Crippen LogP) is 2.23. The second-order valence-corrected chi connectivity index (χ2v) is 5.64. The van der Waals surface area contributed by atoms with Gasteiger partial charge in [-0.3, -0.25) is 9.48 Å². The molecule has 0 saturated carbocycles. The molecule has 1 aromatic carbocycles. The minimum atomic E-state index is 0.187. The number of rotatable bonds is 4.